The number of aryl methyl sites for hydroxylation is 2. The molecule has 0 unspecified atom stereocenters. The molecule has 2 aromatic rings. The van der Waals surface area contributed by atoms with E-state index in [1.807, 2.05) is 0 Å². The Bertz CT molecular complexity index is 720. The zero-order chi connectivity index (χ0) is 19.1. The van der Waals surface area contributed by atoms with Gasteiger partial charge in [-0.15, -0.1) is 6.58 Å². The van der Waals surface area contributed by atoms with Crippen LogP contribution in [0.4, 0.5) is 0 Å². The van der Waals surface area contributed by atoms with Crippen LogP contribution in [-0.4, -0.2) is 7.11 Å². The van der Waals surface area contributed by atoms with E-state index in [2.05, 4.69) is 62.0 Å². The molecule has 27 heavy (non-hydrogen) atoms. The Hall–Kier alpha value is -2.02. The summed E-state index contributed by atoms with van der Waals surface area (Å²) >= 11 is 0. The number of methoxy groups -OCH3 is 1. The van der Waals surface area contributed by atoms with E-state index >= 15 is 0 Å². The molecule has 0 aliphatic heterocycles. The minimum atomic E-state index is 0.766. The first kappa shape index (κ1) is 19.7. The lowest BCUT2D eigenvalue weighted by molar-refractivity contribution is 0.296. The lowest BCUT2D eigenvalue weighted by Crippen LogP contribution is -2.13. The first-order valence-electron chi connectivity index (χ1n) is 10.6. The summed E-state index contributed by atoms with van der Waals surface area (Å²) in [5.74, 6) is 2.62. The van der Waals surface area contributed by atoms with Crippen LogP contribution < -0.4 is 4.74 Å². The maximum absolute atomic E-state index is 5.41. The van der Waals surface area contributed by atoms with Crippen molar-refractivity contribution in [3.05, 3.63) is 66.2 Å². The van der Waals surface area contributed by atoms with Gasteiger partial charge in [0.25, 0.3) is 0 Å². The van der Waals surface area contributed by atoms with E-state index in [9.17, 15) is 0 Å². The Kier molecular flexibility index (Phi) is 7.15. The number of hydrogen-bond acceptors (Lipinski definition) is 1. The molecule has 0 heterocycles. The summed E-state index contributed by atoms with van der Waals surface area (Å²) in [5.41, 5.74) is 5.50. The highest BCUT2D eigenvalue weighted by Crippen LogP contribution is 2.33. The summed E-state index contributed by atoms with van der Waals surface area (Å²) in [7, 11) is 1.74. The van der Waals surface area contributed by atoms with Gasteiger partial charge < -0.3 is 4.74 Å². The molecule has 0 spiro atoms. The fourth-order valence-corrected chi connectivity index (χ4v) is 4.39. The van der Waals surface area contributed by atoms with E-state index in [-0.39, 0.29) is 0 Å². The predicted molar refractivity (Wildman–Crippen MR) is 116 cm³/mol. The third kappa shape index (κ3) is 5.25. The van der Waals surface area contributed by atoms with Gasteiger partial charge in [-0.2, -0.15) is 0 Å². The zero-order valence-corrected chi connectivity index (χ0v) is 17.0. The lowest BCUT2D eigenvalue weighted by Gasteiger charge is -2.26. The van der Waals surface area contributed by atoms with Gasteiger partial charge in [-0.3, -0.25) is 0 Å². The van der Waals surface area contributed by atoms with Gasteiger partial charge in [-0.25, -0.2) is 0 Å². The van der Waals surface area contributed by atoms with E-state index in [4.69, 9.17) is 4.74 Å². The van der Waals surface area contributed by atoms with Crippen molar-refractivity contribution < 1.29 is 4.74 Å². The van der Waals surface area contributed by atoms with Crippen molar-refractivity contribution in [2.45, 2.75) is 58.3 Å². The molecule has 2 aromatic carbocycles. The second kappa shape index (κ2) is 9.78. The Morgan fingerprint density at radius 1 is 1.00 bits per heavy atom. The molecule has 1 aliphatic rings. The summed E-state index contributed by atoms with van der Waals surface area (Å²) < 4.78 is 5.41. The quantitative estimate of drug-likeness (QED) is 0.450. The highest BCUT2D eigenvalue weighted by atomic mass is 16.5. The van der Waals surface area contributed by atoms with Crippen LogP contribution in [0.25, 0.3) is 11.1 Å². The molecular formula is C26H34O. The minimum Gasteiger partial charge on any atom is -0.497 e. The third-order valence-corrected chi connectivity index (χ3v) is 6.16. The SMILES string of the molecule is C=CC1CCC(CCc2ccc(-c3ccc(OC)cc3CCC)cc2)CC1. The number of rotatable bonds is 8. The van der Waals surface area contributed by atoms with Crippen molar-refractivity contribution in [1.82, 2.24) is 0 Å². The van der Waals surface area contributed by atoms with Gasteiger partial charge in [-0.1, -0.05) is 49.8 Å². The number of ether oxygens (including phenoxy) is 1. The molecule has 144 valence electrons. The van der Waals surface area contributed by atoms with Crippen LogP contribution in [0.3, 0.4) is 0 Å². The smallest absolute Gasteiger partial charge is 0.119 e. The molecule has 0 aromatic heterocycles. The Balaban J connectivity index is 1.63. The third-order valence-electron chi connectivity index (χ3n) is 6.16. The van der Waals surface area contributed by atoms with Crippen LogP contribution in [0.15, 0.2) is 55.1 Å². The van der Waals surface area contributed by atoms with Gasteiger partial charge in [0.1, 0.15) is 5.75 Å². The van der Waals surface area contributed by atoms with E-state index in [0.717, 1.165) is 30.4 Å². The van der Waals surface area contributed by atoms with Gasteiger partial charge in [0.15, 0.2) is 0 Å². The van der Waals surface area contributed by atoms with E-state index in [1.165, 1.54) is 60.8 Å². The van der Waals surface area contributed by atoms with Crippen molar-refractivity contribution in [2.75, 3.05) is 7.11 Å². The fraction of sp³-hybridized carbons (Fsp3) is 0.462. The molecule has 0 radical (unpaired) electrons. The maximum atomic E-state index is 5.41. The highest BCUT2D eigenvalue weighted by molar-refractivity contribution is 5.68. The molecule has 0 saturated heterocycles. The summed E-state index contributed by atoms with van der Waals surface area (Å²) in [6, 6.07) is 15.7. The number of hydrogen-bond donors (Lipinski definition) is 0. The molecule has 0 amide bonds. The van der Waals surface area contributed by atoms with Crippen molar-refractivity contribution in [2.24, 2.45) is 11.8 Å². The molecule has 1 heteroatoms. The first-order valence-corrected chi connectivity index (χ1v) is 10.6. The number of allylic oxidation sites excluding steroid dienone is 1. The van der Waals surface area contributed by atoms with Gasteiger partial charge in [-0.05, 0) is 91.2 Å². The summed E-state index contributed by atoms with van der Waals surface area (Å²) in [6.45, 7) is 6.19. The van der Waals surface area contributed by atoms with Crippen LogP contribution in [-0.2, 0) is 12.8 Å². The standard InChI is InChI=1S/C26H34O/c1-4-6-24-19-25(27-3)17-18-26(24)23-15-13-22(14-16-23)12-11-21-9-7-20(5-2)8-10-21/h5,13-21H,2,4,6-12H2,1,3H3. The molecule has 1 aliphatic carbocycles. The van der Waals surface area contributed by atoms with Crippen LogP contribution in [0.5, 0.6) is 5.75 Å². The summed E-state index contributed by atoms with van der Waals surface area (Å²) in [4.78, 5) is 0. The second-order valence-corrected chi connectivity index (χ2v) is 8.03. The summed E-state index contributed by atoms with van der Waals surface area (Å²) in [6.07, 6.45) is 12.3. The van der Waals surface area contributed by atoms with E-state index in [0.29, 0.717) is 0 Å². The topological polar surface area (TPSA) is 9.23 Å². The maximum Gasteiger partial charge on any atom is 0.119 e. The fourth-order valence-electron chi connectivity index (χ4n) is 4.39. The van der Waals surface area contributed by atoms with Crippen molar-refractivity contribution in [1.29, 1.82) is 0 Å². The van der Waals surface area contributed by atoms with Crippen molar-refractivity contribution >= 4 is 0 Å². The highest BCUT2D eigenvalue weighted by Gasteiger charge is 2.18. The second-order valence-electron chi connectivity index (χ2n) is 8.03. The average molecular weight is 363 g/mol. The van der Waals surface area contributed by atoms with Crippen LogP contribution >= 0.6 is 0 Å². The molecule has 3 rings (SSSR count). The van der Waals surface area contributed by atoms with Crippen LogP contribution in [0.2, 0.25) is 0 Å². The monoisotopic (exact) mass is 362 g/mol. The summed E-state index contributed by atoms with van der Waals surface area (Å²) in [5, 5.41) is 0. The van der Waals surface area contributed by atoms with Gasteiger partial charge >= 0.3 is 0 Å². The zero-order valence-electron chi connectivity index (χ0n) is 17.0. The van der Waals surface area contributed by atoms with Crippen LogP contribution in [0.1, 0.15) is 56.6 Å². The average Bonchev–Trinajstić information content (AvgIpc) is 2.73. The largest absolute Gasteiger partial charge is 0.497 e. The molecular weight excluding hydrogens is 328 g/mol. The van der Waals surface area contributed by atoms with Crippen LogP contribution in [0, 0.1) is 11.8 Å². The first-order chi connectivity index (χ1) is 13.2. The van der Waals surface area contributed by atoms with E-state index < -0.39 is 0 Å². The predicted octanol–water partition coefficient (Wildman–Crippen LogP) is 7.24. The Morgan fingerprint density at radius 2 is 1.74 bits per heavy atom. The van der Waals surface area contributed by atoms with Gasteiger partial charge in [0.05, 0.1) is 7.11 Å². The Morgan fingerprint density at radius 3 is 2.37 bits per heavy atom. The van der Waals surface area contributed by atoms with Gasteiger partial charge in [0, 0.05) is 0 Å². The molecule has 0 atom stereocenters. The van der Waals surface area contributed by atoms with Crippen molar-refractivity contribution in [3.8, 4) is 16.9 Å². The minimum absolute atomic E-state index is 0.766. The molecule has 1 fully saturated rings. The molecule has 0 N–H and O–H groups in total. The normalized spacial score (nSPS) is 19.6. The Labute approximate surface area is 165 Å². The van der Waals surface area contributed by atoms with Crippen molar-refractivity contribution in [3.63, 3.8) is 0 Å². The van der Waals surface area contributed by atoms with Gasteiger partial charge in [0.2, 0.25) is 0 Å². The lowest BCUT2D eigenvalue weighted by atomic mass is 9.79. The molecule has 1 nitrogen and oxygen atoms in total. The van der Waals surface area contributed by atoms with E-state index in [1.54, 1.807) is 7.11 Å². The molecule has 0 bridgehead atoms. The number of benzene rings is 2. The molecule has 1 saturated carbocycles.